The summed E-state index contributed by atoms with van der Waals surface area (Å²) >= 11 is 0. The molecule has 4 N–H and O–H groups in total. The van der Waals surface area contributed by atoms with E-state index in [0.717, 1.165) is 32.1 Å². The van der Waals surface area contributed by atoms with Gasteiger partial charge in [0.25, 0.3) is 0 Å². The molecule has 0 radical (unpaired) electrons. The molecule has 0 saturated heterocycles. The first kappa shape index (κ1) is 58.8. The predicted molar refractivity (Wildman–Crippen MR) is 264 cm³/mol. The Balaban J connectivity index is 3.60. The molecule has 0 spiro atoms. The molecule has 0 saturated carbocycles. The van der Waals surface area contributed by atoms with Crippen molar-refractivity contribution in [2.24, 2.45) is 0 Å². The van der Waals surface area contributed by atoms with Crippen LogP contribution in [-0.4, -0.2) is 46.1 Å². The highest BCUT2D eigenvalue weighted by molar-refractivity contribution is 5.76. The molecule has 5 heteroatoms. The van der Waals surface area contributed by atoms with E-state index in [1.807, 2.05) is 6.08 Å². The Morgan fingerprint density at radius 2 is 0.717 bits per heavy atom. The van der Waals surface area contributed by atoms with Crippen molar-refractivity contribution in [1.82, 2.24) is 5.32 Å². The van der Waals surface area contributed by atoms with Crippen molar-refractivity contribution >= 4 is 5.91 Å². The number of amides is 1. The van der Waals surface area contributed by atoms with Gasteiger partial charge >= 0.3 is 0 Å². The van der Waals surface area contributed by atoms with Crippen LogP contribution in [0.2, 0.25) is 0 Å². The van der Waals surface area contributed by atoms with Gasteiger partial charge in [-0.25, -0.2) is 0 Å². The fraction of sp³-hybridized carbons (Fsp3) is 0.909. The zero-order valence-electron chi connectivity index (χ0n) is 40.6. The van der Waals surface area contributed by atoms with Crippen LogP contribution in [0.15, 0.2) is 24.3 Å². The van der Waals surface area contributed by atoms with Crippen molar-refractivity contribution in [3.8, 4) is 0 Å². The number of hydrogen-bond donors (Lipinski definition) is 4. The van der Waals surface area contributed by atoms with Gasteiger partial charge in [0.2, 0.25) is 5.91 Å². The number of hydrogen-bond acceptors (Lipinski definition) is 4. The van der Waals surface area contributed by atoms with E-state index >= 15 is 0 Å². The van der Waals surface area contributed by atoms with Crippen molar-refractivity contribution < 1.29 is 20.1 Å². The Morgan fingerprint density at radius 3 is 1.07 bits per heavy atom. The Bertz CT molecular complexity index is 890. The molecule has 0 heterocycles. The molecule has 0 aliphatic rings. The van der Waals surface area contributed by atoms with Crippen LogP contribution in [0.25, 0.3) is 0 Å². The second-order valence-electron chi connectivity index (χ2n) is 18.8. The summed E-state index contributed by atoms with van der Waals surface area (Å²) < 4.78 is 0. The molecule has 0 rings (SSSR count). The minimum absolute atomic E-state index is 0.0103. The van der Waals surface area contributed by atoms with E-state index in [9.17, 15) is 20.1 Å². The maximum absolute atomic E-state index is 12.5. The number of unbranched alkanes of at least 4 members (excludes halogenated alkanes) is 39. The maximum Gasteiger partial charge on any atom is 0.222 e. The minimum atomic E-state index is -0.950. The van der Waals surface area contributed by atoms with E-state index in [-0.39, 0.29) is 18.9 Å². The summed E-state index contributed by atoms with van der Waals surface area (Å²) in [7, 11) is 0. The third kappa shape index (κ3) is 46.3. The number of aliphatic hydroxyl groups excluding tert-OH is 3. The topological polar surface area (TPSA) is 89.8 Å². The van der Waals surface area contributed by atoms with Crippen LogP contribution in [0.1, 0.15) is 296 Å². The molecule has 3 unspecified atom stereocenters. The highest BCUT2D eigenvalue weighted by Crippen LogP contribution is 2.17. The Hall–Kier alpha value is -1.17. The zero-order valence-corrected chi connectivity index (χ0v) is 40.6. The second-order valence-corrected chi connectivity index (χ2v) is 18.8. The SMILES string of the molecule is CCCCCCCCCCCCCCCCCCCCC/C=C/CC/C=C/C(O)C(CO)NC(=O)CC(O)CCCCCCCCCCCCCCCCCCCCCC. The molecule has 5 nitrogen and oxygen atoms in total. The summed E-state index contributed by atoms with van der Waals surface area (Å²) in [6.07, 6.45) is 63.6. The Labute approximate surface area is 375 Å². The monoisotopic (exact) mass is 846 g/mol. The van der Waals surface area contributed by atoms with Crippen LogP contribution in [0.4, 0.5) is 0 Å². The van der Waals surface area contributed by atoms with E-state index in [1.165, 1.54) is 238 Å². The third-order valence-electron chi connectivity index (χ3n) is 12.7. The average Bonchev–Trinajstić information content (AvgIpc) is 3.24. The Kier molecular flexibility index (Phi) is 49.5. The first-order chi connectivity index (χ1) is 29.5. The predicted octanol–water partition coefficient (Wildman–Crippen LogP) is 16.5. The van der Waals surface area contributed by atoms with Crippen molar-refractivity contribution in [3.63, 3.8) is 0 Å². The fourth-order valence-electron chi connectivity index (χ4n) is 8.59. The molecule has 0 bridgehead atoms. The number of carbonyl (C=O) groups excluding carboxylic acids is 1. The van der Waals surface area contributed by atoms with Crippen LogP contribution >= 0.6 is 0 Å². The molecule has 0 aromatic rings. The van der Waals surface area contributed by atoms with Gasteiger partial charge in [-0.3, -0.25) is 4.79 Å². The van der Waals surface area contributed by atoms with Gasteiger partial charge < -0.3 is 20.6 Å². The summed E-state index contributed by atoms with van der Waals surface area (Å²) in [6, 6.07) is -0.759. The number of nitrogens with one attached hydrogen (secondary N) is 1. The van der Waals surface area contributed by atoms with E-state index in [1.54, 1.807) is 6.08 Å². The van der Waals surface area contributed by atoms with Crippen molar-refractivity contribution in [2.45, 2.75) is 315 Å². The lowest BCUT2D eigenvalue weighted by atomic mass is 10.0. The minimum Gasteiger partial charge on any atom is -0.394 e. The van der Waals surface area contributed by atoms with Crippen LogP contribution in [-0.2, 0) is 4.79 Å². The summed E-state index contributed by atoms with van der Waals surface area (Å²) in [5.74, 6) is -0.320. The first-order valence-electron chi connectivity index (χ1n) is 27.1. The first-order valence-corrected chi connectivity index (χ1v) is 27.1. The lowest BCUT2D eigenvalue weighted by Crippen LogP contribution is -2.45. The van der Waals surface area contributed by atoms with Crippen molar-refractivity contribution in [1.29, 1.82) is 0 Å². The maximum atomic E-state index is 12.5. The van der Waals surface area contributed by atoms with Crippen LogP contribution in [0, 0.1) is 0 Å². The molecule has 0 aliphatic carbocycles. The van der Waals surface area contributed by atoms with Gasteiger partial charge in [-0.15, -0.1) is 0 Å². The van der Waals surface area contributed by atoms with Gasteiger partial charge in [0.15, 0.2) is 0 Å². The normalized spacial score (nSPS) is 13.5. The van der Waals surface area contributed by atoms with Crippen LogP contribution in [0.3, 0.4) is 0 Å². The third-order valence-corrected chi connectivity index (χ3v) is 12.7. The lowest BCUT2D eigenvalue weighted by Gasteiger charge is -2.21. The number of aliphatic hydroxyl groups is 3. The van der Waals surface area contributed by atoms with E-state index in [0.29, 0.717) is 6.42 Å². The van der Waals surface area contributed by atoms with Gasteiger partial charge in [-0.1, -0.05) is 282 Å². The molecule has 0 fully saturated rings. The van der Waals surface area contributed by atoms with Gasteiger partial charge in [-0.05, 0) is 32.1 Å². The Morgan fingerprint density at radius 1 is 0.417 bits per heavy atom. The molecule has 0 aromatic heterocycles. The average molecular weight is 846 g/mol. The van der Waals surface area contributed by atoms with E-state index < -0.39 is 18.2 Å². The molecule has 356 valence electrons. The smallest absolute Gasteiger partial charge is 0.222 e. The van der Waals surface area contributed by atoms with E-state index in [4.69, 9.17) is 0 Å². The number of carbonyl (C=O) groups is 1. The number of allylic oxidation sites excluding steroid dienone is 3. The number of rotatable bonds is 50. The standard InChI is InChI=1S/C55H107NO4/c1-3-5-7-9-11-13-15-17-19-21-23-25-26-27-28-29-31-33-35-37-39-41-43-45-47-49-54(59)53(51-57)56-55(60)50-52(58)48-46-44-42-40-38-36-34-32-30-24-22-20-18-16-14-12-10-8-6-4-2/h39,41,47,49,52-54,57-59H,3-38,40,42-46,48,50-51H2,1-2H3,(H,56,60)/b41-39+,49-47+. The molecule has 0 aromatic carbocycles. The molecule has 0 aliphatic heterocycles. The van der Waals surface area contributed by atoms with Gasteiger partial charge in [0.05, 0.1) is 31.3 Å². The molecular formula is C55H107NO4. The van der Waals surface area contributed by atoms with Gasteiger partial charge in [0.1, 0.15) is 0 Å². The van der Waals surface area contributed by atoms with Gasteiger partial charge in [-0.2, -0.15) is 0 Å². The molecule has 3 atom stereocenters. The highest BCUT2D eigenvalue weighted by atomic mass is 16.3. The second kappa shape index (κ2) is 50.5. The largest absolute Gasteiger partial charge is 0.394 e. The molecular weight excluding hydrogens is 739 g/mol. The summed E-state index contributed by atoms with van der Waals surface area (Å²) in [6.45, 7) is 4.24. The molecule has 1 amide bonds. The highest BCUT2D eigenvalue weighted by Gasteiger charge is 2.20. The lowest BCUT2D eigenvalue weighted by molar-refractivity contribution is -0.124. The van der Waals surface area contributed by atoms with Gasteiger partial charge in [0, 0.05) is 0 Å². The zero-order chi connectivity index (χ0) is 43.7. The summed E-state index contributed by atoms with van der Waals surface area (Å²) in [5.41, 5.74) is 0. The van der Waals surface area contributed by atoms with Crippen molar-refractivity contribution in [2.75, 3.05) is 6.61 Å². The molecule has 60 heavy (non-hydrogen) atoms. The quantitative estimate of drug-likeness (QED) is 0.0363. The van der Waals surface area contributed by atoms with Crippen LogP contribution in [0.5, 0.6) is 0 Å². The van der Waals surface area contributed by atoms with Crippen LogP contribution < -0.4 is 5.32 Å². The van der Waals surface area contributed by atoms with E-state index in [2.05, 4.69) is 31.3 Å². The summed E-state index contributed by atoms with van der Waals surface area (Å²) in [4.78, 5) is 12.5. The summed E-state index contributed by atoms with van der Waals surface area (Å²) in [5, 5.41) is 33.4. The van der Waals surface area contributed by atoms with Crippen molar-refractivity contribution in [3.05, 3.63) is 24.3 Å². The fourth-order valence-corrected chi connectivity index (χ4v) is 8.59.